The standard InChI is InChI=1S/C28H26O9Si/c1-21(29)33-27(34-22(2)30)18-20-38(36-24(4)32,19-16-26-13-9-6-10-14-26)37-28(27,35-23(3)31)17-15-25-11-7-5-8-12-25/h5-14H,18,20H2,1-4H3. The number of hydrogen-bond donors (Lipinski definition) is 0. The van der Waals surface area contributed by atoms with Gasteiger partial charge in [0.2, 0.25) is 0 Å². The van der Waals surface area contributed by atoms with Gasteiger partial charge in [0, 0.05) is 51.3 Å². The van der Waals surface area contributed by atoms with E-state index in [2.05, 4.69) is 23.3 Å². The van der Waals surface area contributed by atoms with Crippen LogP contribution in [0.3, 0.4) is 0 Å². The van der Waals surface area contributed by atoms with Crippen LogP contribution in [0.2, 0.25) is 6.04 Å². The highest BCUT2D eigenvalue weighted by Crippen LogP contribution is 2.46. The number of carbonyl (C=O) groups is 4. The smallest absolute Gasteiger partial charge is 0.485 e. The highest BCUT2D eigenvalue weighted by Gasteiger charge is 2.70. The van der Waals surface area contributed by atoms with Gasteiger partial charge in [-0.05, 0) is 30.2 Å². The van der Waals surface area contributed by atoms with Crippen LogP contribution in [-0.2, 0) is 42.2 Å². The average molecular weight is 535 g/mol. The molecule has 9 nitrogen and oxygen atoms in total. The first-order chi connectivity index (χ1) is 18.0. The van der Waals surface area contributed by atoms with Crippen LogP contribution in [0.1, 0.15) is 45.2 Å². The Morgan fingerprint density at radius 1 is 0.737 bits per heavy atom. The Morgan fingerprint density at radius 2 is 1.24 bits per heavy atom. The molecule has 0 saturated carbocycles. The molecule has 196 valence electrons. The maximum absolute atomic E-state index is 12.4. The molecular formula is C28H26O9Si. The van der Waals surface area contributed by atoms with E-state index in [-0.39, 0.29) is 12.5 Å². The van der Waals surface area contributed by atoms with Crippen molar-refractivity contribution in [2.45, 2.75) is 51.7 Å². The zero-order valence-corrected chi connectivity index (χ0v) is 22.4. The van der Waals surface area contributed by atoms with Gasteiger partial charge < -0.3 is 23.1 Å². The van der Waals surface area contributed by atoms with E-state index in [4.69, 9.17) is 23.1 Å². The molecule has 2 aromatic carbocycles. The predicted molar refractivity (Wildman–Crippen MR) is 135 cm³/mol. The highest BCUT2D eigenvalue weighted by molar-refractivity contribution is 6.77. The van der Waals surface area contributed by atoms with E-state index >= 15 is 0 Å². The Labute approximate surface area is 221 Å². The van der Waals surface area contributed by atoms with Crippen molar-refractivity contribution in [2.75, 3.05) is 0 Å². The lowest BCUT2D eigenvalue weighted by Gasteiger charge is -2.49. The van der Waals surface area contributed by atoms with E-state index in [1.54, 1.807) is 54.6 Å². The summed E-state index contributed by atoms with van der Waals surface area (Å²) < 4.78 is 28.6. The number of ether oxygens (including phenoxy) is 3. The third-order valence-electron chi connectivity index (χ3n) is 5.12. The minimum Gasteiger partial charge on any atom is -0.485 e. The van der Waals surface area contributed by atoms with Crippen molar-refractivity contribution in [2.24, 2.45) is 0 Å². The molecule has 3 rings (SSSR count). The van der Waals surface area contributed by atoms with Gasteiger partial charge in [-0.15, -0.1) is 0 Å². The number of esters is 3. The van der Waals surface area contributed by atoms with Gasteiger partial charge in [-0.1, -0.05) is 53.8 Å². The molecule has 1 aliphatic heterocycles. The van der Waals surface area contributed by atoms with E-state index in [9.17, 15) is 19.2 Å². The summed E-state index contributed by atoms with van der Waals surface area (Å²) in [5, 5.41) is 0. The third-order valence-corrected chi connectivity index (χ3v) is 7.77. The Morgan fingerprint density at radius 3 is 1.71 bits per heavy atom. The SMILES string of the molecule is CC(=O)OC1(C#Cc2ccccc2)O[Si](C#Cc2ccccc2)(OC(C)=O)CCC1(OC(C)=O)OC(C)=O. The largest absolute Gasteiger partial charge is 0.492 e. The molecule has 0 amide bonds. The van der Waals surface area contributed by atoms with Crippen molar-refractivity contribution in [1.82, 2.24) is 0 Å². The number of benzene rings is 2. The van der Waals surface area contributed by atoms with Gasteiger partial charge >= 0.3 is 38.0 Å². The quantitative estimate of drug-likeness (QED) is 0.253. The van der Waals surface area contributed by atoms with Crippen molar-refractivity contribution >= 4 is 32.4 Å². The van der Waals surface area contributed by atoms with Crippen molar-refractivity contribution in [1.29, 1.82) is 0 Å². The molecule has 38 heavy (non-hydrogen) atoms. The molecule has 1 saturated heterocycles. The fourth-order valence-corrected chi connectivity index (χ4v) is 6.45. The third kappa shape index (κ3) is 6.88. The minimum atomic E-state index is -3.93. The number of carbonyl (C=O) groups excluding carboxylic acids is 4. The van der Waals surface area contributed by atoms with Gasteiger partial charge in [-0.2, -0.15) is 0 Å². The second-order valence-electron chi connectivity index (χ2n) is 8.33. The van der Waals surface area contributed by atoms with Crippen LogP contribution in [0.15, 0.2) is 60.7 Å². The molecule has 10 heteroatoms. The topological polar surface area (TPSA) is 114 Å². The molecule has 0 aromatic heterocycles. The maximum atomic E-state index is 12.4. The average Bonchev–Trinajstić information content (AvgIpc) is 2.84. The molecule has 0 bridgehead atoms. The predicted octanol–water partition coefficient (Wildman–Crippen LogP) is 3.14. The van der Waals surface area contributed by atoms with Gasteiger partial charge in [0.05, 0.1) is 0 Å². The lowest BCUT2D eigenvalue weighted by molar-refractivity contribution is -0.341. The van der Waals surface area contributed by atoms with Crippen LogP contribution in [0.4, 0.5) is 0 Å². The molecule has 1 aliphatic rings. The van der Waals surface area contributed by atoms with Gasteiger partial charge in [0.15, 0.2) is 0 Å². The molecule has 1 heterocycles. The zero-order chi connectivity index (χ0) is 27.8. The summed E-state index contributed by atoms with van der Waals surface area (Å²) in [6.07, 6.45) is -0.286. The van der Waals surface area contributed by atoms with Crippen LogP contribution < -0.4 is 0 Å². The van der Waals surface area contributed by atoms with Crippen molar-refractivity contribution in [3.8, 4) is 23.3 Å². The Bertz CT molecular complexity index is 1320. The summed E-state index contributed by atoms with van der Waals surface area (Å²) >= 11 is 0. The number of rotatable bonds is 4. The fourth-order valence-electron chi connectivity index (χ4n) is 3.81. The van der Waals surface area contributed by atoms with Gasteiger partial charge in [0.1, 0.15) is 0 Å². The maximum Gasteiger partial charge on any atom is 0.492 e. The summed E-state index contributed by atoms with van der Waals surface area (Å²) in [5.74, 6) is 0.351. The second-order valence-corrected chi connectivity index (χ2v) is 11.0. The monoisotopic (exact) mass is 534 g/mol. The van der Waals surface area contributed by atoms with E-state index in [0.29, 0.717) is 11.1 Å². The van der Waals surface area contributed by atoms with E-state index in [1.165, 1.54) is 6.92 Å². The summed E-state index contributed by atoms with van der Waals surface area (Å²) in [5.41, 5.74) is 4.04. The van der Waals surface area contributed by atoms with Crippen LogP contribution in [-0.4, -0.2) is 44.0 Å². The normalized spacial score (nSPS) is 21.3. The minimum absolute atomic E-state index is 0.0942. The second kappa shape index (κ2) is 11.8. The van der Waals surface area contributed by atoms with Crippen LogP contribution >= 0.6 is 0 Å². The first kappa shape index (κ1) is 28.2. The molecule has 0 radical (unpaired) electrons. The molecule has 0 aliphatic carbocycles. The molecule has 2 aromatic rings. The van der Waals surface area contributed by atoms with E-state index in [0.717, 1.165) is 20.8 Å². The lowest BCUT2D eigenvalue weighted by Crippen LogP contribution is -2.70. The van der Waals surface area contributed by atoms with Crippen molar-refractivity contribution in [3.05, 3.63) is 71.8 Å². The molecular weight excluding hydrogens is 508 g/mol. The van der Waals surface area contributed by atoms with Gasteiger partial charge in [-0.3, -0.25) is 19.2 Å². The molecule has 0 N–H and O–H groups in total. The van der Waals surface area contributed by atoms with Gasteiger partial charge in [0.25, 0.3) is 5.97 Å². The molecule has 0 spiro atoms. The Balaban J connectivity index is 2.29. The first-order valence-electron chi connectivity index (χ1n) is 11.6. The van der Waals surface area contributed by atoms with Crippen LogP contribution in [0.5, 0.6) is 0 Å². The Kier molecular flexibility index (Phi) is 8.74. The molecule has 1 fully saturated rings. The van der Waals surface area contributed by atoms with E-state index in [1.807, 2.05) is 6.07 Å². The van der Waals surface area contributed by atoms with Gasteiger partial charge in [-0.25, -0.2) is 0 Å². The first-order valence-corrected chi connectivity index (χ1v) is 13.7. The van der Waals surface area contributed by atoms with Crippen molar-refractivity contribution in [3.63, 3.8) is 0 Å². The van der Waals surface area contributed by atoms with Crippen molar-refractivity contribution < 1.29 is 42.2 Å². The van der Waals surface area contributed by atoms with Crippen LogP contribution in [0.25, 0.3) is 0 Å². The fraction of sp³-hybridized carbons (Fsp3) is 0.286. The number of hydrogen-bond acceptors (Lipinski definition) is 9. The summed E-state index contributed by atoms with van der Waals surface area (Å²) in [6, 6.07) is 17.4. The summed E-state index contributed by atoms with van der Waals surface area (Å²) in [7, 11) is -3.93. The molecule has 2 unspecified atom stereocenters. The van der Waals surface area contributed by atoms with E-state index < -0.39 is 44.0 Å². The highest BCUT2D eigenvalue weighted by atomic mass is 28.4. The zero-order valence-electron chi connectivity index (χ0n) is 21.4. The molecule has 2 atom stereocenters. The lowest BCUT2D eigenvalue weighted by atomic mass is 10.0. The Hall–Kier alpha value is -4.38. The summed E-state index contributed by atoms with van der Waals surface area (Å²) in [6.45, 7) is 4.45. The summed E-state index contributed by atoms with van der Waals surface area (Å²) in [4.78, 5) is 49.1. The van der Waals surface area contributed by atoms with Crippen LogP contribution in [0, 0.1) is 23.3 Å².